The van der Waals surface area contributed by atoms with Gasteiger partial charge in [0.15, 0.2) is 0 Å². The van der Waals surface area contributed by atoms with E-state index in [0.29, 0.717) is 18.7 Å². The van der Waals surface area contributed by atoms with Crippen LogP contribution < -0.4 is 5.32 Å². The van der Waals surface area contributed by atoms with Crippen molar-refractivity contribution in [2.75, 3.05) is 11.9 Å². The van der Waals surface area contributed by atoms with Gasteiger partial charge >= 0.3 is 0 Å². The van der Waals surface area contributed by atoms with Gasteiger partial charge in [-0.1, -0.05) is 42.5 Å². The van der Waals surface area contributed by atoms with Crippen LogP contribution in [0.5, 0.6) is 0 Å². The number of hydrogen-bond donors (Lipinski definition) is 1. The summed E-state index contributed by atoms with van der Waals surface area (Å²) in [5, 5.41) is 3.96. The average Bonchev–Trinajstić information content (AvgIpc) is 3.54. The van der Waals surface area contributed by atoms with Crippen LogP contribution in [-0.2, 0) is 22.6 Å². The summed E-state index contributed by atoms with van der Waals surface area (Å²) < 4.78 is 0. The van der Waals surface area contributed by atoms with Crippen LogP contribution in [0.25, 0.3) is 10.9 Å². The van der Waals surface area contributed by atoms with E-state index in [1.54, 1.807) is 6.20 Å². The molecule has 2 heterocycles. The summed E-state index contributed by atoms with van der Waals surface area (Å²) in [5.41, 5.74) is 4.01. The highest BCUT2D eigenvalue weighted by molar-refractivity contribution is 6.04. The molecule has 5 nitrogen and oxygen atoms in total. The highest BCUT2D eigenvalue weighted by Crippen LogP contribution is 2.41. The van der Waals surface area contributed by atoms with Crippen molar-refractivity contribution in [3.8, 4) is 0 Å². The van der Waals surface area contributed by atoms with Crippen molar-refractivity contribution in [1.29, 1.82) is 0 Å². The number of para-hydroxylation sites is 1. The molecular formula is C23H21N3O2. The fourth-order valence-corrected chi connectivity index (χ4v) is 4.11. The van der Waals surface area contributed by atoms with Crippen molar-refractivity contribution in [3.63, 3.8) is 0 Å². The quantitative estimate of drug-likeness (QED) is 0.768. The van der Waals surface area contributed by atoms with Gasteiger partial charge in [-0.3, -0.25) is 14.6 Å². The number of aromatic nitrogens is 1. The average molecular weight is 371 g/mol. The van der Waals surface area contributed by atoms with Crippen molar-refractivity contribution in [3.05, 3.63) is 71.9 Å². The third-order valence-corrected chi connectivity index (χ3v) is 5.78. The minimum atomic E-state index is -0.247. The standard InChI is InChI=1S/C23H21N3O2/c27-22(25-20-9-3-7-16-8-4-11-24-21(16)20)18-13-19(18)23(28)26-12-10-15-5-1-2-6-17(15)14-26/h1-9,11,18-19H,10,12-14H2,(H,25,27). The van der Waals surface area contributed by atoms with Crippen LogP contribution in [-0.4, -0.2) is 28.2 Å². The van der Waals surface area contributed by atoms with Crippen LogP contribution >= 0.6 is 0 Å². The first-order chi connectivity index (χ1) is 13.7. The Morgan fingerprint density at radius 1 is 0.964 bits per heavy atom. The van der Waals surface area contributed by atoms with Crippen molar-refractivity contribution in [2.24, 2.45) is 11.8 Å². The smallest absolute Gasteiger partial charge is 0.228 e. The molecule has 2 atom stereocenters. The van der Waals surface area contributed by atoms with E-state index in [1.807, 2.05) is 47.4 Å². The summed E-state index contributed by atoms with van der Waals surface area (Å²) in [7, 11) is 0. The zero-order valence-corrected chi connectivity index (χ0v) is 15.5. The van der Waals surface area contributed by atoms with E-state index < -0.39 is 0 Å². The Kier molecular flexibility index (Phi) is 4.08. The van der Waals surface area contributed by atoms with Gasteiger partial charge < -0.3 is 10.2 Å². The van der Waals surface area contributed by atoms with Crippen molar-refractivity contribution in [2.45, 2.75) is 19.4 Å². The van der Waals surface area contributed by atoms with E-state index in [2.05, 4.69) is 22.4 Å². The van der Waals surface area contributed by atoms with E-state index in [1.165, 1.54) is 11.1 Å². The summed E-state index contributed by atoms with van der Waals surface area (Å²) in [6, 6.07) is 17.8. The Balaban J connectivity index is 1.26. The van der Waals surface area contributed by atoms with Gasteiger partial charge in [0.1, 0.15) is 0 Å². The molecule has 1 aromatic heterocycles. The van der Waals surface area contributed by atoms with Gasteiger partial charge in [0.25, 0.3) is 0 Å². The van der Waals surface area contributed by atoms with Crippen LogP contribution in [0.15, 0.2) is 60.8 Å². The van der Waals surface area contributed by atoms with Gasteiger partial charge in [0.05, 0.1) is 23.0 Å². The molecular weight excluding hydrogens is 350 g/mol. The topological polar surface area (TPSA) is 62.3 Å². The molecule has 28 heavy (non-hydrogen) atoms. The summed E-state index contributed by atoms with van der Waals surface area (Å²) >= 11 is 0. The van der Waals surface area contributed by atoms with E-state index in [0.717, 1.165) is 23.9 Å². The molecule has 1 N–H and O–H groups in total. The second-order valence-corrected chi connectivity index (χ2v) is 7.60. The molecule has 0 bridgehead atoms. The molecule has 3 aromatic rings. The second kappa shape index (κ2) is 6.75. The molecule has 5 rings (SSSR count). The number of carbonyl (C=O) groups excluding carboxylic acids is 2. The Bertz CT molecular complexity index is 1070. The highest BCUT2D eigenvalue weighted by Gasteiger charge is 2.49. The molecule has 0 saturated heterocycles. The molecule has 0 radical (unpaired) electrons. The van der Waals surface area contributed by atoms with E-state index in [9.17, 15) is 9.59 Å². The fourth-order valence-electron chi connectivity index (χ4n) is 4.11. The van der Waals surface area contributed by atoms with Crippen LogP contribution in [0, 0.1) is 11.8 Å². The number of carbonyl (C=O) groups is 2. The predicted octanol–water partition coefficient (Wildman–Crippen LogP) is 3.39. The predicted molar refractivity (Wildman–Crippen MR) is 108 cm³/mol. The minimum Gasteiger partial charge on any atom is -0.338 e. The number of nitrogens with zero attached hydrogens (tertiary/aromatic N) is 2. The molecule has 2 aromatic carbocycles. The Labute approximate surface area is 163 Å². The Hall–Kier alpha value is -3.21. The number of amides is 2. The minimum absolute atomic E-state index is 0.0890. The lowest BCUT2D eigenvalue weighted by Gasteiger charge is -2.29. The number of benzene rings is 2. The second-order valence-electron chi connectivity index (χ2n) is 7.60. The third kappa shape index (κ3) is 3.03. The van der Waals surface area contributed by atoms with Crippen LogP contribution in [0.1, 0.15) is 17.5 Å². The molecule has 1 fully saturated rings. The number of nitrogens with one attached hydrogen (secondary N) is 1. The van der Waals surface area contributed by atoms with Gasteiger partial charge in [-0.05, 0) is 36.1 Å². The zero-order valence-electron chi connectivity index (χ0n) is 15.5. The first-order valence-electron chi connectivity index (χ1n) is 9.71. The highest BCUT2D eigenvalue weighted by atomic mass is 16.2. The van der Waals surface area contributed by atoms with Crippen molar-refractivity contribution < 1.29 is 9.59 Å². The largest absolute Gasteiger partial charge is 0.338 e. The maximum atomic E-state index is 12.9. The van der Waals surface area contributed by atoms with Crippen LogP contribution in [0.4, 0.5) is 5.69 Å². The van der Waals surface area contributed by atoms with Gasteiger partial charge in [-0.25, -0.2) is 0 Å². The zero-order chi connectivity index (χ0) is 19.1. The third-order valence-electron chi connectivity index (χ3n) is 5.78. The summed E-state index contributed by atoms with van der Waals surface area (Å²) in [6.45, 7) is 1.38. The first-order valence-corrected chi connectivity index (χ1v) is 9.71. The molecule has 1 aliphatic carbocycles. The number of anilines is 1. The molecule has 1 aliphatic heterocycles. The molecule has 2 aliphatic rings. The number of fused-ring (bicyclic) bond motifs is 2. The van der Waals surface area contributed by atoms with Gasteiger partial charge in [-0.2, -0.15) is 0 Å². The number of hydrogen-bond acceptors (Lipinski definition) is 3. The summed E-state index contributed by atoms with van der Waals surface area (Å²) in [4.78, 5) is 31.9. The van der Waals surface area contributed by atoms with Gasteiger partial charge in [0, 0.05) is 24.7 Å². The fraction of sp³-hybridized carbons (Fsp3) is 0.261. The molecule has 2 unspecified atom stereocenters. The van der Waals surface area contributed by atoms with Gasteiger partial charge in [0.2, 0.25) is 11.8 Å². The number of pyridine rings is 1. The summed E-state index contributed by atoms with van der Waals surface area (Å²) in [5.74, 6) is -0.434. The lowest BCUT2D eigenvalue weighted by Crippen LogP contribution is -2.37. The van der Waals surface area contributed by atoms with Crippen molar-refractivity contribution >= 4 is 28.4 Å². The van der Waals surface area contributed by atoms with E-state index >= 15 is 0 Å². The normalized spacial score (nSPS) is 20.5. The summed E-state index contributed by atoms with van der Waals surface area (Å²) in [6.07, 6.45) is 3.23. The van der Waals surface area contributed by atoms with Gasteiger partial charge in [-0.15, -0.1) is 0 Å². The Morgan fingerprint density at radius 2 is 1.79 bits per heavy atom. The van der Waals surface area contributed by atoms with E-state index in [4.69, 9.17) is 0 Å². The van der Waals surface area contributed by atoms with E-state index in [-0.39, 0.29) is 23.7 Å². The maximum Gasteiger partial charge on any atom is 0.228 e. The lowest BCUT2D eigenvalue weighted by atomic mass is 9.99. The molecule has 140 valence electrons. The monoisotopic (exact) mass is 371 g/mol. The molecule has 2 amide bonds. The van der Waals surface area contributed by atoms with Crippen LogP contribution in [0.2, 0.25) is 0 Å². The first kappa shape index (κ1) is 16.9. The molecule has 5 heteroatoms. The number of rotatable bonds is 3. The maximum absolute atomic E-state index is 12.9. The SMILES string of the molecule is O=C(Nc1cccc2cccnc12)C1CC1C(=O)N1CCc2ccccc2C1. The Morgan fingerprint density at radius 3 is 2.68 bits per heavy atom. The molecule has 1 saturated carbocycles. The lowest BCUT2D eigenvalue weighted by molar-refractivity contribution is -0.135. The van der Waals surface area contributed by atoms with Crippen LogP contribution in [0.3, 0.4) is 0 Å². The van der Waals surface area contributed by atoms with Crippen molar-refractivity contribution in [1.82, 2.24) is 9.88 Å². The molecule has 0 spiro atoms.